The van der Waals surface area contributed by atoms with E-state index < -0.39 is 0 Å². The molecule has 4 aliphatic carbocycles. The molecule has 0 aliphatic heterocycles. The van der Waals surface area contributed by atoms with Crippen LogP contribution in [0, 0.1) is 16.7 Å². The summed E-state index contributed by atoms with van der Waals surface area (Å²) in [5, 5.41) is 6.76. The fourth-order valence-corrected chi connectivity index (χ4v) is 6.27. The van der Waals surface area contributed by atoms with Gasteiger partial charge in [0.25, 0.3) is 0 Å². The van der Waals surface area contributed by atoms with Crippen LogP contribution in [0.15, 0.2) is 0 Å². The van der Waals surface area contributed by atoms with E-state index in [1.54, 1.807) is 0 Å². The second-order valence-electron chi connectivity index (χ2n) is 10.1. The van der Waals surface area contributed by atoms with Gasteiger partial charge in [-0.2, -0.15) is 0 Å². The molecule has 4 aliphatic rings. The topological polar surface area (TPSA) is 41.1 Å². The van der Waals surface area contributed by atoms with E-state index in [0.717, 1.165) is 5.92 Å². The van der Waals surface area contributed by atoms with Gasteiger partial charge in [-0.15, -0.1) is 0 Å². The summed E-state index contributed by atoms with van der Waals surface area (Å²) in [4.78, 5) is 12.4. The zero-order valence-electron chi connectivity index (χ0n) is 14.4. The predicted molar refractivity (Wildman–Crippen MR) is 86.0 cm³/mol. The fraction of sp³-hybridized carbons (Fsp3) is 0.944. The van der Waals surface area contributed by atoms with Crippen molar-refractivity contribution in [3.63, 3.8) is 0 Å². The summed E-state index contributed by atoms with van der Waals surface area (Å²) in [6.45, 7) is 11.6. The van der Waals surface area contributed by atoms with Gasteiger partial charge in [0.05, 0.1) is 6.54 Å². The fourth-order valence-electron chi connectivity index (χ4n) is 6.27. The Hall–Kier alpha value is -0.570. The molecule has 120 valence electrons. The first-order valence-electron chi connectivity index (χ1n) is 8.57. The monoisotopic (exact) mass is 292 g/mol. The van der Waals surface area contributed by atoms with E-state index in [0.29, 0.717) is 17.4 Å². The first kappa shape index (κ1) is 15.3. The smallest absolute Gasteiger partial charge is 0.234 e. The summed E-state index contributed by atoms with van der Waals surface area (Å²) in [6, 6.07) is 0. The first-order valence-corrected chi connectivity index (χ1v) is 8.57. The second kappa shape index (κ2) is 4.47. The molecular weight excluding hydrogens is 260 g/mol. The molecule has 3 heteroatoms. The van der Waals surface area contributed by atoms with Gasteiger partial charge in [0.1, 0.15) is 0 Å². The van der Waals surface area contributed by atoms with Crippen LogP contribution in [0.25, 0.3) is 0 Å². The molecule has 4 fully saturated rings. The van der Waals surface area contributed by atoms with Gasteiger partial charge in [0.2, 0.25) is 5.91 Å². The molecular formula is C18H32N2O. The minimum absolute atomic E-state index is 0.00321. The SMILES string of the molecule is CC12CC3CC(C)(C1)CC(NC(=O)CNC(C)(C)C)(C3)C2. The van der Waals surface area contributed by atoms with Crippen molar-refractivity contribution < 1.29 is 4.79 Å². The molecule has 0 spiro atoms. The highest BCUT2D eigenvalue weighted by Crippen LogP contribution is 2.66. The Balaban J connectivity index is 1.69. The van der Waals surface area contributed by atoms with Crippen LogP contribution < -0.4 is 10.6 Å². The van der Waals surface area contributed by atoms with Crippen molar-refractivity contribution >= 4 is 5.91 Å². The lowest BCUT2D eigenvalue weighted by atomic mass is 9.43. The van der Waals surface area contributed by atoms with Crippen LogP contribution >= 0.6 is 0 Å². The first-order chi connectivity index (χ1) is 9.51. The van der Waals surface area contributed by atoms with Crippen molar-refractivity contribution in [3.05, 3.63) is 0 Å². The maximum absolute atomic E-state index is 12.4. The summed E-state index contributed by atoms with van der Waals surface area (Å²) >= 11 is 0. The van der Waals surface area contributed by atoms with Gasteiger partial charge in [0.15, 0.2) is 0 Å². The molecule has 2 unspecified atom stereocenters. The Kier molecular flexibility index (Phi) is 3.26. The lowest BCUT2D eigenvalue weighted by Gasteiger charge is -2.65. The molecule has 4 rings (SSSR count). The highest BCUT2D eigenvalue weighted by atomic mass is 16.2. The standard InChI is InChI=1S/C18H32N2O/c1-15(2,3)19-9-14(21)20-18-8-13-6-16(4,11-18)10-17(5,7-13)12-18/h13,19H,6-12H2,1-5H3,(H,20,21). The van der Waals surface area contributed by atoms with Crippen molar-refractivity contribution in [1.82, 2.24) is 10.6 Å². The number of hydrogen-bond donors (Lipinski definition) is 2. The Labute approximate surface area is 129 Å². The molecule has 3 nitrogen and oxygen atoms in total. The minimum Gasteiger partial charge on any atom is -0.350 e. The van der Waals surface area contributed by atoms with E-state index in [1.165, 1.54) is 38.5 Å². The van der Waals surface area contributed by atoms with Crippen LogP contribution in [-0.2, 0) is 4.79 Å². The van der Waals surface area contributed by atoms with Crippen LogP contribution in [-0.4, -0.2) is 23.5 Å². The number of amides is 1. The van der Waals surface area contributed by atoms with E-state index >= 15 is 0 Å². The molecule has 0 heterocycles. The van der Waals surface area contributed by atoms with Gasteiger partial charge in [-0.25, -0.2) is 0 Å². The third-order valence-electron chi connectivity index (χ3n) is 5.81. The second-order valence-corrected chi connectivity index (χ2v) is 10.1. The molecule has 0 aromatic rings. The summed E-state index contributed by atoms with van der Waals surface area (Å²) < 4.78 is 0. The normalized spacial score (nSPS) is 44.9. The van der Waals surface area contributed by atoms with E-state index in [2.05, 4.69) is 45.3 Å². The van der Waals surface area contributed by atoms with Crippen molar-refractivity contribution in [2.45, 2.75) is 84.2 Å². The molecule has 0 radical (unpaired) electrons. The molecule has 0 aromatic carbocycles. The molecule has 1 amide bonds. The van der Waals surface area contributed by atoms with Gasteiger partial charge in [-0.1, -0.05) is 13.8 Å². The largest absolute Gasteiger partial charge is 0.350 e. The van der Waals surface area contributed by atoms with Crippen molar-refractivity contribution in [2.24, 2.45) is 16.7 Å². The van der Waals surface area contributed by atoms with Crippen LogP contribution in [0.3, 0.4) is 0 Å². The average molecular weight is 292 g/mol. The Bertz CT molecular complexity index is 433. The number of carbonyl (C=O) groups excluding carboxylic acids is 1. The summed E-state index contributed by atoms with van der Waals surface area (Å²) in [7, 11) is 0. The van der Waals surface area contributed by atoms with Crippen molar-refractivity contribution in [2.75, 3.05) is 6.54 Å². The number of rotatable bonds is 3. The Morgan fingerprint density at radius 2 is 1.62 bits per heavy atom. The van der Waals surface area contributed by atoms with Crippen LogP contribution in [0.2, 0.25) is 0 Å². The maximum Gasteiger partial charge on any atom is 0.234 e. The molecule has 0 aromatic heterocycles. The van der Waals surface area contributed by atoms with Crippen molar-refractivity contribution in [1.29, 1.82) is 0 Å². The third-order valence-corrected chi connectivity index (χ3v) is 5.81. The average Bonchev–Trinajstić information content (AvgIpc) is 2.19. The van der Waals surface area contributed by atoms with E-state index in [4.69, 9.17) is 0 Å². The van der Waals surface area contributed by atoms with Gasteiger partial charge in [-0.3, -0.25) is 4.79 Å². The summed E-state index contributed by atoms with van der Waals surface area (Å²) in [5.74, 6) is 1.01. The maximum atomic E-state index is 12.4. The molecule has 4 bridgehead atoms. The lowest BCUT2D eigenvalue weighted by molar-refractivity contribution is -0.139. The number of nitrogens with one attached hydrogen (secondary N) is 2. The van der Waals surface area contributed by atoms with Crippen LogP contribution in [0.5, 0.6) is 0 Å². The van der Waals surface area contributed by atoms with Gasteiger partial charge < -0.3 is 10.6 Å². The molecule has 21 heavy (non-hydrogen) atoms. The highest BCUT2D eigenvalue weighted by Gasteiger charge is 2.60. The van der Waals surface area contributed by atoms with Gasteiger partial charge >= 0.3 is 0 Å². The molecule has 2 atom stereocenters. The Morgan fingerprint density at radius 3 is 2.10 bits per heavy atom. The van der Waals surface area contributed by atoms with E-state index in [-0.39, 0.29) is 17.0 Å². The quantitative estimate of drug-likeness (QED) is 0.838. The van der Waals surface area contributed by atoms with Crippen LogP contribution in [0.1, 0.15) is 73.1 Å². The zero-order valence-corrected chi connectivity index (χ0v) is 14.4. The van der Waals surface area contributed by atoms with Gasteiger partial charge in [0, 0.05) is 11.1 Å². The third kappa shape index (κ3) is 3.13. The predicted octanol–water partition coefficient (Wildman–Crippen LogP) is 3.24. The molecule has 2 N–H and O–H groups in total. The van der Waals surface area contributed by atoms with Crippen LogP contribution in [0.4, 0.5) is 0 Å². The number of carbonyl (C=O) groups is 1. The van der Waals surface area contributed by atoms with E-state index in [1.807, 2.05) is 0 Å². The molecule has 4 saturated carbocycles. The summed E-state index contributed by atoms with van der Waals surface area (Å²) in [6.07, 6.45) is 7.69. The Morgan fingerprint density at radius 1 is 1.05 bits per heavy atom. The zero-order chi connectivity index (χ0) is 15.5. The van der Waals surface area contributed by atoms with Gasteiger partial charge in [-0.05, 0) is 76.0 Å². The highest BCUT2D eigenvalue weighted by molar-refractivity contribution is 5.79. The lowest BCUT2D eigenvalue weighted by Crippen LogP contribution is -2.66. The van der Waals surface area contributed by atoms with Crippen molar-refractivity contribution in [3.8, 4) is 0 Å². The minimum atomic E-state index is -0.00321. The molecule has 0 saturated heterocycles. The number of hydrogen-bond acceptors (Lipinski definition) is 2. The van der Waals surface area contributed by atoms with E-state index in [9.17, 15) is 4.79 Å². The summed E-state index contributed by atoms with van der Waals surface area (Å²) in [5.41, 5.74) is 0.994.